The molecule has 1 aromatic rings. The summed E-state index contributed by atoms with van der Waals surface area (Å²) in [7, 11) is 0. The van der Waals surface area contributed by atoms with Gasteiger partial charge < -0.3 is 0 Å². The standard InChI is InChI=1S/C9H11NOS/c1-4-8(11)5-9-10-6(2)7(3)12-9/h4H,1,5H2,2-3H3. The van der Waals surface area contributed by atoms with E-state index >= 15 is 0 Å². The third-order valence-electron chi connectivity index (χ3n) is 1.63. The summed E-state index contributed by atoms with van der Waals surface area (Å²) in [5, 5.41) is 0.884. The Labute approximate surface area is 76.0 Å². The van der Waals surface area contributed by atoms with Crippen molar-refractivity contribution in [2.75, 3.05) is 0 Å². The Morgan fingerprint density at radius 3 is 2.75 bits per heavy atom. The minimum absolute atomic E-state index is 0.0313. The fourth-order valence-corrected chi connectivity index (χ4v) is 1.78. The van der Waals surface area contributed by atoms with Gasteiger partial charge in [-0.2, -0.15) is 0 Å². The molecular formula is C9H11NOS. The highest BCUT2D eigenvalue weighted by molar-refractivity contribution is 7.11. The largest absolute Gasteiger partial charge is 0.294 e. The fraction of sp³-hybridized carbons (Fsp3) is 0.333. The van der Waals surface area contributed by atoms with Gasteiger partial charge in [-0.15, -0.1) is 11.3 Å². The van der Waals surface area contributed by atoms with E-state index in [0.29, 0.717) is 6.42 Å². The van der Waals surface area contributed by atoms with Crippen LogP contribution in [0.25, 0.3) is 0 Å². The summed E-state index contributed by atoms with van der Waals surface area (Å²) in [6, 6.07) is 0. The van der Waals surface area contributed by atoms with Crippen molar-refractivity contribution in [1.82, 2.24) is 4.98 Å². The van der Waals surface area contributed by atoms with E-state index in [-0.39, 0.29) is 5.78 Å². The predicted octanol–water partition coefficient (Wildman–Crippen LogP) is 2.06. The van der Waals surface area contributed by atoms with Crippen molar-refractivity contribution in [3.8, 4) is 0 Å². The number of carbonyl (C=O) groups excluding carboxylic acids is 1. The fourth-order valence-electron chi connectivity index (χ4n) is 0.836. The minimum atomic E-state index is 0.0313. The molecule has 0 radical (unpaired) electrons. The van der Waals surface area contributed by atoms with E-state index < -0.39 is 0 Å². The van der Waals surface area contributed by atoms with Gasteiger partial charge in [0, 0.05) is 4.88 Å². The number of ketones is 1. The molecule has 0 aliphatic carbocycles. The molecule has 0 aromatic carbocycles. The Kier molecular flexibility index (Phi) is 2.76. The van der Waals surface area contributed by atoms with Crippen molar-refractivity contribution in [2.24, 2.45) is 0 Å². The molecule has 0 N–H and O–H groups in total. The zero-order valence-electron chi connectivity index (χ0n) is 7.26. The smallest absolute Gasteiger partial charge is 0.161 e. The van der Waals surface area contributed by atoms with E-state index in [1.165, 1.54) is 11.0 Å². The van der Waals surface area contributed by atoms with Gasteiger partial charge in [0.2, 0.25) is 0 Å². The lowest BCUT2D eigenvalue weighted by Gasteiger charge is -1.87. The van der Waals surface area contributed by atoms with Gasteiger partial charge in [-0.05, 0) is 19.9 Å². The van der Waals surface area contributed by atoms with E-state index in [1.807, 2.05) is 13.8 Å². The van der Waals surface area contributed by atoms with E-state index in [4.69, 9.17) is 0 Å². The van der Waals surface area contributed by atoms with Gasteiger partial charge >= 0.3 is 0 Å². The van der Waals surface area contributed by atoms with Crippen LogP contribution in [-0.4, -0.2) is 10.8 Å². The summed E-state index contributed by atoms with van der Waals surface area (Å²) >= 11 is 1.58. The van der Waals surface area contributed by atoms with Crippen molar-refractivity contribution in [3.63, 3.8) is 0 Å². The molecule has 1 heterocycles. The molecule has 1 aromatic heterocycles. The molecule has 0 aliphatic heterocycles. The molecule has 0 saturated heterocycles. The first-order chi connectivity index (χ1) is 5.63. The van der Waals surface area contributed by atoms with Crippen LogP contribution in [0.3, 0.4) is 0 Å². The van der Waals surface area contributed by atoms with Crippen molar-refractivity contribution in [1.29, 1.82) is 0 Å². The maximum Gasteiger partial charge on any atom is 0.161 e. The monoisotopic (exact) mass is 181 g/mol. The molecule has 0 atom stereocenters. The molecule has 0 amide bonds. The van der Waals surface area contributed by atoms with Crippen LogP contribution in [-0.2, 0) is 11.2 Å². The van der Waals surface area contributed by atoms with Crippen molar-refractivity contribution < 1.29 is 4.79 Å². The highest BCUT2D eigenvalue weighted by Crippen LogP contribution is 2.16. The van der Waals surface area contributed by atoms with Gasteiger partial charge in [-0.1, -0.05) is 6.58 Å². The summed E-state index contributed by atoms with van der Waals surface area (Å²) in [5.41, 5.74) is 1.02. The number of nitrogens with zero attached hydrogens (tertiary/aromatic N) is 1. The molecule has 2 nitrogen and oxygen atoms in total. The Morgan fingerprint density at radius 1 is 1.67 bits per heavy atom. The molecule has 0 unspecified atom stereocenters. The van der Waals surface area contributed by atoms with Crippen molar-refractivity contribution >= 4 is 17.1 Å². The second-order valence-electron chi connectivity index (χ2n) is 2.60. The number of hydrogen-bond acceptors (Lipinski definition) is 3. The van der Waals surface area contributed by atoms with E-state index in [2.05, 4.69) is 11.6 Å². The molecule has 0 saturated carbocycles. The van der Waals surface area contributed by atoms with Crippen LogP contribution in [0.5, 0.6) is 0 Å². The topological polar surface area (TPSA) is 30.0 Å². The lowest BCUT2D eigenvalue weighted by Crippen LogP contribution is -1.96. The average molecular weight is 181 g/mol. The molecule has 0 fully saturated rings. The quantitative estimate of drug-likeness (QED) is 0.668. The van der Waals surface area contributed by atoms with Crippen LogP contribution < -0.4 is 0 Å². The summed E-state index contributed by atoms with van der Waals surface area (Å²) in [6.07, 6.45) is 1.73. The second kappa shape index (κ2) is 3.63. The highest BCUT2D eigenvalue weighted by Gasteiger charge is 2.05. The number of hydrogen-bond donors (Lipinski definition) is 0. The van der Waals surface area contributed by atoms with Crippen LogP contribution in [0.2, 0.25) is 0 Å². The first-order valence-corrected chi connectivity index (χ1v) is 4.53. The van der Waals surface area contributed by atoms with Gasteiger partial charge in [-0.3, -0.25) is 4.79 Å². The zero-order valence-corrected chi connectivity index (χ0v) is 8.07. The first kappa shape index (κ1) is 9.13. The second-order valence-corrected chi connectivity index (χ2v) is 3.88. The molecule has 0 aliphatic rings. The lowest BCUT2D eigenvalue weighted by atomic mass is 10.3. The molecule has 0 spiro atoms. The van der Waals surface area contributed by atoms with Crippen molar-refractivity contribution in [2.45, 2.75) is 20.3 Å². The number of rotatable bonds is 3. The molecule has 12 heavy (non-hydrogen) atoms. The van der Waals surface area contributed by atoms with Gasteiger partial charge in [0.1, 0.15) is 5.01 Å². The first-order valence-electron chi connectivity index (χ1n) is 3.71. The van der Waals surface area contributed by atoms with E-state index in [1.54, 1.807) is 11.3 Å². The Hall–Kier alpha value is -0.960. The van der Waals surface area contributed by atoms with E-state index in [0.717, 1.165) is 10.7 Å². The molecule has 0 bridgehead atoms. The Balaban J connectivity index is 2.76. The van der Waals surface area contributed by atoms with Crippen LogP contribution >= 0.6 is 11.3 Å². The molecule has 3 heteroatoms. The SMILES string of the molecule is C=CC(=O)Cc1nc(C)c(C)s1. The number of carbonyl (C=O) groups is 1. The minimum Gasteiger partial charge on any atom is -0.294 e. The predicted molar refractivity (Wildman–Crippen MR) is 50.5 cm³/mol. The summed E-state index contributed by atoms with van der Waals surface area (Å²) < 4.78 is 0. The van der Waals surface area contributed by atoms with Crippen LogP contribution in [0.1, 0.15) is 15.6 Å². The van der Waals surface area contributed by atoms with Crippen LogP contribution in [0.4, 0.5) is 0 Å². The third kappa shape index (κ3) is 2.01. The van der Waals surface area contributed by atoms with Gasteiger partial charge in [0.25, 0.3) is 0 Å². The molecular weight excluding hydrogens is 170 g/mol. The molecule has 1 rings (SSSR count). The number of aryl methyl sites for hydroxylation is 2. The summed E-state index contributed by atoms with van der Waals surface area (Å²) in [5.74, 6) is 0.0313. The van der Waals surface area contributed by atoms with Crippen molar-refractivity contribution in [3.05, 3.63) is 28.2 Å². The maximum atomic E-state index is 11.0. The summed E-state index contributed by atoms with van der Waals surface area (Å²) in [4.78, 5) is 16.4. The summed E-state index contributed by atoms with van der Waals surface area (Å²) in [6.45, 7) is 7.37. The van der Waals surface area contributed by atoms with Gasteiger partial charge in [-0.25, -0.2) is 4.98 Å². The average Bonchev–Trinajstić information content (AvgIpc) is 2.31. The number of thiazole rings is 1. The highest BCUT2D eigenvalue weighted by atomic mass is 32.1. The Bertz CT molecular complexity index is 295. The lowest BCUT2D eigenvalue weighted by molar-refractivity contribution is -0.114. The number of aromatic nitrogens is 1. The Morgan fingerprint density at radius 2 is 2.33 bits per heavy atom. The maximum absolute atomic E-state index is 11.0. The normalized spacial score (nSPS) is 9.83. The van der Waals surface area contributed by atoms with Crippen LogP contribution in [0, 0.1) is 13.8 Å². The van der Waals surface area contributed by atoms with Gasteiger partial charge in [0.15, 0.2) is 5.78 Å². The van der Waals surface area contributed by atoms with Gasteiger partial charge in [0.05, 0.1) is 12.1 Å². The van der Waals surface area contributed by atoms with Crippen LogP contribution in [0.15, 0.2) is 12.7 Å². The molecule has 64 valence electrons. The number of allylic oxidation sites excluding steroid dienone is 1. The van der Waals surface area contributed by atoms with E-state index in [9.17, 15) is 4.79 Å². The zero-order chi connectivity index (χ0) is 9.14. The third-order valence-corrected chi connectivity index (χ3v) is 2.70.